The van der Waals surface area contributed by atoms with E-state index in [4.69, 9.17) is 0 Å². The summed E-state index contributed by atoms with van der Waals surface area (Å²) >= 11 is 1.22. The van der Waals surface area contributed by atoms with E-state index in [9.17, 15) is 13.2 Å². The Labute approximate surface area is 155 Å². The first-order valence-corrected chi connectivity index (χ1v) is 10.5. The molecule has 0 fully saturated rings. The first-order valence-electron chi connectivity index (χ1n) is 7.62. The van der Waals surface area contributed by atoms with Gasteiger partial charge in [0.1, 0.15) is 6.33 Å². The molecule has 1 amide bonds. The number of amides is 1. The number of thioether (sulfide) groups is 1. The van der Waals surface area contributed by atoms with Crippen LogP contribution < -0.4 is 5.32 Å². The zero-order valence-electron chi connectivity index (χ0n) is 13.9. The number of nitrogens with zero attached hydrogens (tertiary/aromatic N) is 3. The second kappa shape index (κ2) is 7.71. The van der Waals surface area contributed by atoms with Gasteiger partial charge in [-0.05, 0) is 36.4 Å². The second-order valence-corrected chi connectivity index (χ2v) is 8.40. The van der Waals surface area contributed by atoms with E-state index >= 15 is 0 Å². The van der Waals surface area contributed by atoms with Crippen LogP contribution in [0.2, 0.25) is 0 Å². The molecule has 0 spiro atoms. The molecule has 3 aromatic rings. The van der Waals surface area contributed by atoms with Gasteiger partial charge >= 0.3 is 0 Å². The van der Waals surface area contributed by atoms with Gasteiger partial charge in [-0.2, -0.15) is 0 Å². The lowest BCUT2D eigenvalue weighted by molar-refractivity contribution is -0.113. The van der Waals surface area contributed by atoms with E-state index in [1.165, 1.54) is 23.9 Å². The lowest BCUT2D eigenvalue weighted by Gasteiger charge is -2.05. The van der Waals surface area contributed by atoms with Gasteiger partial charge in [-0.15, -0.1) is 5.10 Å². The number of rotatable bonds is 6. The minimum absolute atomic E-state index is 0.145. The predicted octanol–water partition coefficient (Wildman–Crippen LogP) is 2.40. The summed E-state index contributed by atoms with van der Waals surface area (Å²) in [5.74, 6) is -0.0785. The number of benzene rings is 2. The maximum atomic E-state index is 12.0. The molecule has 9 heteroatoms. The topological polar surface area (TPSA) is 94.0 Å². The normalized spacial score (nSPS) is 11.3. The Morgan fingerprint density at radius 1 is 1.12 bits per heavy atom. The van der Waals surface area contributed by atoms with E-state index in [0.29, 0.717) is 10.8 Å². The third kappa shape index (κ3) is 4.70. The smallest absolute Gasteiger partial charge is 0.234 e. The molecule has 0 aliphatic rings. The fraction of sp³-hybridized carbons (Fsp3) is 0.118. The summed E-state index contributed by atoms with van der Waals surface area (Å²) in [6.45, 7) is 0. The van der Waals surface area contributed by atoms with Crippen molar-refractivity contribution in [3.05, 3.63) is 60.9 Å². The minimum atomic E-state index is -3.25. The molecule has 134 valence electrons. The second-order valence-electron chi connectivity index (χ2n) is 5.44. The Kier molecular flexibility index (Phi) is 5.38. The third-order valence-electron chi connectivity index (χ3n) is 3.39. The Hall–Kier alpha value is -2.65. The molecule has 3 rings (SSSR count). The molecule has 0 unspecified atom stereocenters. The predicted molar refractivity (Wildman–Crippen MR) is 100 cm³/mol. The number of anilines is 1. The molecule has 0 radical (unpaired) electrons. The van der Waals surface area contributed by atoms with Gasteiger partial charge in [-0.3, -0.25) is 4.79 Å². The highest BCUT2D eigenvalue weighted by molar-refractivity contribution is 7.99. The zero-order valence-corrected chi connectivity index (χ0v) is 15.5. The monoisotopic (exact) mass is 388 g/mol. The van der Waals surface area contributed by atoms with E-state index in [0.717, 1.165) is 11.9 Å². The molecule has 1 N–H and O–H groups in total. The van der Waals surface area contributed by atoms with Crippen molar-refractivity contribution in [3.8, 4) is 5.69 Å². The number of sulfone groups is 1. The number of nitrogens with one attached hydrogen (secondary N) is 1. The van der Waals surface area contributed by atoms with E-state index in [1.807, 2.05) is 30.3 Å². The highest BCUT2D eigenvalue weighted by atomic mass is 32.2. The van der Waals surface area contributed by atoms with Gasteiger partial charge in [0.25, 0.3) is 0 Å². The summed E-state index contributed by atoms with van der Waals surface area (Å²) < 4.78 is 24.5. The molecule has 0 bridgehead atoms. The molecule has 26 heavy (non-hydrogen) atoms. The van der Waals surface area contributed by atoms with Crippen molar-refractivity contribution in [2.45, 2.75) is 10.1 Å². The fourth-order valence-corrected chi connectivity index (χ4v) is 3.36. The number of hydrogen-bond acceptors (Lipinski definition) is 6. The van der Waals surface area contributed by atoms with Crippen molar-refractivity contribution in [1.82, 2.24) is 14.8 Å². The van der Waals surface area contributed by atoms with Crippen LogP contribution in [-0.4, -0.2) is 41.1 Å². The highest BCUT2D eigenvalue weighted by Gasteiger charge is 2.10. The first kappa shape index (κ1) is 18.2. The lowest BCUT2D eigenvalue weighted by atomic mass is 10.3. The molecular formula is C17H16N4O3S2. The van der Waals surface area contributed by atoms with E-state index < -0.39 is 9.84 Å². The van der Waals surface area contributed by atoms with Gasteiger partial charge in [0.2, 0.25) is 11.1 Å². The number of hydrogen-bond donors (Lipinski definition) is 1. The summed E-state index contributed by atoms with van der Waals surface area (Å²) in [5, 5.41) is 7.53. The third-order valence-corrected chi connectivity index (χ3v) is 5.37. The quantitative estimate of drug-likeness (QED) is 0.652. The van der Waals surface area contributed by atoms with Gasteiger partial charge in [0, 0.05) is 11.9 Å². The highest BCUT2D eigenvalue weighted by Crippen LogP contribution is 2.17. The van der Waals surface area contributed by atoms with Crippen LogP contribution in [-0.2, 0) is 14.6 Å². The summed E-state index contributed by atoms with van der Waals surface area (Å²) in [6.07, 6.45) is 2.73. The number of para-hydroxylation sites is 1. The van der Waals surface area contributed by atoms with E-state index in [1.54, 1.807) is 23.1 Å². The van der Waals surface area contributed by atoms with Crippen molar-refractivity contribution in [3.63, 3.8) is 0 Å². The van der Waals surface area contributed by atoms with Crippen molar-refractivity contribution in [1.29, 1.82) is 0 Å². The molecule has 0 saturated carbocycles. The molecule has 2 aromatic carbocycles. The molecule has 0 atom stereocenters. The summed E-state index contributed by atoms with van der Waals surface area (Å²) in [6, 6.07) is 15.6. The van der Waals surface area contributed by atoms with Gasteiger partial charge < -0.3 is 5.32 Å². The van der Waals surface area contributed by atoms with E-state index in [2.05, 4.69) is 15.4 Å². The first-order chi connectivity index (χ1) is 12.4. The van der Waals surface area contributed by atoms with Crippen molar-refractivity contribution in [2.24, 2.45) is 0 Å². The van der Waals surface area contributed by atoms with Crippen LogP contribution in [0.1, 0.15) is 0 Å². The van der Waals surface area contributed by atoms with Gasteiger partial charge in [0.05, 0.1) is 16.3 Å². The molecule has 7 nitrogen and oxygen atoms in total. The Bertz CT molecular complexity index is 1000. The summed E-state index contributed by atoms with van der Waals surface area (Å²) in [7, 11) is -3.25. The van der Waals surface area contributed by atoms with Gasteiger partial charge in [-0.1, -0.05) is 30.0 Å². The molecular weight excluding hydrogens is 372 g/mol. The number of carbonyl (C=O) groups excluding carboxylic acids is 1. The summed E-state index contributed by atoms with van der Waals surface area (Å²) in [4.78, 5) is 16.4. The Morgan fingerprint density at radius 3 is 2.46 bits per heavy atom. The maximum absolute atomic E-state index is 12.0. The molecule has 0 saturated heterocycles. The van der Waals surface area contributed by atoms with Crippen LogP contribution >= 0.6 is 11.8 Å². The van der Waals surface area contributed by atoms with Crippen molar-refractivity contribution in [2.75, 3.05) is 17.3 Å². The Balaban J connectivity index is 1.55. The standard InChI is InChI=1S/C17H16N4O3S2/c1-26(23,24)15-9-7-13(8-10-15)19-16(22)11-25-17-18-12-21(20-17)14-5-3-2-4-6-14/h2-10,12H,11H2,1H3,(H,19,22). The van der Waals surface area contributed by atoms with Crippen molar-refractivity contribution >= 4 is 33.2 Å². The average Bonchev–Trinajstić information content (AvgIpc) is 3.09. The van der Waals surface area contributed by atoms with Crippen LogP contribution in [0.3, 0.4) is 0 Å². The summed E-state index contributed by atoms with van der Waals surface area (Å²) in [5.41, 5.74) is 1.42. The van der Waals surface area contributed by atoms with Crippen LogP contribution in [0.4, 0.5) is 5.69 Å². The number of carbonyl (C=O) groups is 1. The molecule has 0 aliphatic carbocycles. The number of aromatic nitrogens is 3. The fourth-order valence-electron chi connectivity index (χ4n) is 2.13. The van der Waals surface area contributed by atoms with Crippen LogP contribution in [0.15, 0.2) is 71.0 Å². The maximum Gasteiger partial charge on any atom is 0.234 e. The minimum Gasteiger partial charge on any atom is -0.325 e. The SMILES string of the molecule is CS(=O)(=O)c1ccc(NC(=O)CSc2ncn(-c3ccccc3)n2)cc1. The van der Waals surface area contributed by atoms with Crippen LogP contribution in [0, 0.1) is 0 Å². The zero-order chi connectivity index (χ0) is 18.6. The van der Waals surface area contributed by atoms with E-state index in [-0.39, 0.29) is 16.6 Å². The largest absolute Gasteiger partial charge is 0.325 e. The van der Waals surface area contributed by atoms with Crippen LogP contribution in [0.5, 0.6) is 0 Å². The molecule has 1 aromatic heterocycles. The van der Waals surface area contributed by atoms with Crippen molar-refractivity contribution < 1.29 is 13.2 Å². The average molecular weight is 388 g/mol. The van der Waals surface area contributed by atoms with Gasteiger partial charge in [-0.25, -0.2) is 18.1 Å². The molecule has 0 aliphatic heterocycles. The Morgan fingerprint density at radius 2 is 1.81 bits per heavy atom. The molecule has 1 heterocycles. The lowest BCUT2D eigenvalue weighted by Crippen LogP contribution is -2.14. The van der Waals surface area contributed by atoms with Gasteiger partial charge in [0.15, 0.2) is 9.84 Å². The van der Waals surface area contributed by atoms with Crippen LogP contribution in [0.25, 0.3) is 5.69 Å².